The Bertz CT molecular complexity index is 294. The van der Waals surface area contributed by atoms with E-state index in [4.69, 9.17) is 5.11 Å². The van der Waals surface area contributed by atoms with Crippen molar-refractivity contribution in [1.82, 2.24) is 0 Å². The number of benzene rings is 1. The molecule has 0 fully saturated rings. The van der Waals surface area contributed by atoms with Gasteiger partial charge in [-0.1, -0.05) is 6.07 Å². The molecule has 0 saturated heterocycles. The lowest BCUT2D eigenvalue weighted by atomic mass is 9.76. The van der Waals surface area contributed by atoms with E-state index in [1.54, 1.807) is 12.1 Å². The van der Waals surface area contributed by atoms with Crippen LogP contribution in [0, 0.1) is 0 Å². The second kappa shape index (κ2) is 2.79. The largest absolute Gasteiger partial charge is 0.508 e. The van der Waals surface area contributed by atoms with Crippen molar-refractivity contribution in [1.29, 1.82) is 0 Å². The van der Waals surface area contributed by atoms with Gasteiger partial charge >= 0.3 is 0 Å². The van der Waals surface area contributed by atoms with Crippen molar-refractivity contribution in [2.24, 2.45) is 0 Å². The highest BCUT2D eigenvalue weighted by Gasteiger charge is 2.25. The van der Waals surface area contributed by atoms with Crippen LogP contribution >= 0.6 is 0 Å². The first kappa shape index (κ1) is 7.62. The van der Waals surface area contributed by atoms with E-state index in [-0.39, 0.29) is 6.61 Å². The maximum absolute atomic E-state index is 9.19. The van der Waals surface area contributed by atoms with Gasteiger partial charge in [0.1, 0.15) is 5.75 Å². The van der Waals surface area contributed by atoms with E-state index in [2.05, 4.69) is 0 Å². The Morgan fingerprint density at radius 3 is 3.00 bits per heavy atom. The van der Waals surface area contributed by atoms with Gasteiger partial charge in [0.05, 0.1) is 0 Å². The van der Waals surface area contributed by atoms with Crippen LogP contribution in [-0.2, 0) is 6.42 Å². The van der Waals surface area contributed by atoms with Crippen LogP contribution in [0.2, 0.25) is 0 Å². The predicted molar refractivity (Wildman–Crippen MR) is 46.3 cm³/mol. The minimum atomic E-state index is 0.236. The molecule has 2 nitrogen and oxygen atoms in total. The zero-order chi connectivity index (χ0) is 8.55. The third-order valence-electron chi connectivity index (χ3n) is 2.51. The Morgan fingerprint density at radius 2 is 2.25 bits per heavy atom. The normalized spacial score (nSPS) is 19.9. The highest BCUT2D eigenvalue weighted by Crippen LogP contribution is 2.38. The molecule has 1 aliphatic rings. The average molecular weight is 164 g/mol. The lowest BCUT2D eigenvalue weighted by molar-refractivity contribution is 0.269. The number of phenolic OH excluding ortho intramolecular Hbond substituents is 1. The number of hydrogen-bond acceptors (Lipinski definition) is 2. The maximum atomic E-state index is 9.19. The van der Waals surface area contributed by atoms with Crippen LogP contribution in [0.5, 0.6) is 5.75 Å². The summed E-state index contributed by atoms with van der Waals surface area (Å²) in [5, 5.41) is 17.9. The monoisotopic (exact) mass is 164 g/mol. The van der Waals surface area contributed by atoms with Crippen LogP contribution in [-0.4, -0.2) is 16.8 Å². The van der Waals surface area contributed by atoms with Crippen LogP contribution in [0.25, 0.3) is 0 Å². The second-order valence-electron chi connectivity index (χ2n) is 3.30. The highest BCUT2D eigenvalue weighted by atomic mass is 16.3. The van der Waals surface area contributed by atoms with E-state index in [9.17, 15) is 5.11 Å². The van der Waals surface area contributed by atoms with Gasteiger partial charge < -0.3 is 10.2 Å². The first-order valence-corrected chi connectivity index (χ1v) is 4.24. The molecule has 1 atom stereocenters. The molecule has 12 heavy (non-hydrogen) atoms. The first-order chi connectivity index (χ1) is 5.81. The van der Waals surface area contributed by atoms with E-state index in [0.717, 1.165) is 12.8 Å². The molecule has 2 heteroatoms. The first-order valence-electron chi connectivity index (χ1n) is 4.24. The third kappa shape index (κ3) is 1.08. The highest BCUT2D eigenvalue weighted by molar-refractivity contribution is 5.44. The molecule has 0 saturated carbocycles. The second-order valence-corrected chi connectivity index (χ2v) is 3.30. The van der Waals surface area contributed by atoms with E-state index in [1.807, 2.05) is 6.07 Å². The lowest BCUT2D eigenvalue weighted by Crippen LogP contribution is -2.17. The molecule has 0 aromatic heterocycles. The summed E-state index contributed by atoms with van der Waals surface area (Å²) < 4.78 is 0. The van der Waals surface area contributed by atoms with Crippen molar-refractivity contribution in [3.8, 4) is 5.75 Å². The summed E-state index contributed by atoms with van der Waals surface area (Å²) in [4.78, 5) is 0. The van der Waals surface area contributed by atoms with Crippen molar-refractivity contribution in [2.45, 2.75) is 18.8 Å². The minimum absolute atomic E-state index is 0.236. The fraction of sp³-hybridized carbons (Fsp3) is 0.400. The van der Waals surface area contributed by atoms with E-state index in [0.29, 0.717) is 11.7 Å². The molecule has 2 N–H and O–H groups in total. The summed E-state index contributed by atoms with van der Waals surface area (Å²) in [7, 11) is 0. The van der Waals surface area contributed by atoms with Gasteiger partial charge in [-0.2, -0.15) is 0 Å². The Balaban J connectivity index is 2.22. The number of aliphatic hydroxyl groups is 1. The maximum Gasteiger partial charge on any atom is 0.115 e. The Morgan fingerprint density at radius 1 is 1.42 bits per heavy atom. The molecule has 0 spiro atoms. The fourth-order valence-electron chi connectivity index (χ4n) is 1.81. The number of rotatable bonds is 2. The Labute approximate surface area is 71.5 Å². The van der Waals surface area contributed by atoms with Gasteiger partial charge in [-0.3, -0.25) is 0 Å². The molecule has 1 aliphatic carbocycles. The van der Waals surface area contributed by atoms with Crippen molar-refractivity contribution in [3.63, 3.8) is 0 Å². The smallest absolute Gasteiger partial charge is 0.115 e. The minimum Gasteiger partial charge on any atom is -0.508 e. The van der Waals surface area contributed by atoms with Gasteiger partial charge in [-0.05, 0) is 42.0 Å². The molecule has 64 valence electrons. The molecular formula is C10H12O2. The third-order valence-corrected chi connectivity index (χ3v) is 2.51. The number of aliphatic hydroxyl groups excluding tert-OH is 1. The van der Waals surface area contributed by atoms with Crippen LogP contribution in [0.3, 0.4) is 0 Å². The van der Waals surface area contributed by atoms with E-state index < -0.39 is 0 Å². The Kier molecular flexibility index (Phi) is 1.77. The predicted octanol–water partition coefficient (Wildman–Crippen LogP) is 1.41. The number of aromatic hydroxyl groups is 1. The summed E-state index contributed by atoms with van der Waals surface area (Å²) >= 11 is 0. The molecule has 1 unspecified atom stereocenters. The van der Waals surface area contributed by atoms with Gasteiger partial charge in [0, 0.05) is 6.61 Å². The molecule has 0 aliphatic heterocycles. The molecule has 0 radical (unpaired) electrons. The summed E-state index contributed by atoms with van der Waals surface area (Å²) in [6.45, 7) is 0.236. The van der Waals surface area contributed by atoms with Gasteiger partial charge in [-0.25, -0.2) is 0 Å². The molecule has 0 bridgehead atoms. The van der Waals surface area contributed by atoms with E-state index >= 15 is 0 Å². The summed E-state index contributed by atoms with van der Waals surface area (Å²) in [6.07, 6.45) is 1.87. The topological polar surface area (TPSA) is 40.5 Å². The van der Waals surface area contributed by atoms with Gasteiger partial charge in [0.2, 0.25) is 0 Å². The molecule has 2 rings (SSSR count). The number of hydrogen-bond donors (Lipinski definition) is 2. The van der Waals surface area contributed by atoms with Gasteiger partial charge in [0.25, 0.3) is 0 Å². The average Bonchev–Trinajstić information content (AvgIpc) is 2.05. The standard InChI is InChI=1S/C10H12O2/c11-4-3-8-5-7-1-2-9(12)6-10(7)8/h1-2,6,8,11-12H,3-5H2. The Hall–Kier alpha value is -1.02. The van der Waals surface area contributed by atoms with Crippen LogP contribution < -0.4 is 0 Å². The van der Waals surface area contributed by atoms with Gasteiger partial charge in [-0.15, -0.1) is 0 Å². The summed E-state index contributed by atoms with van der Waals surface area (Å²) in [5.41, 5.74) is 2.52. The zero-order valence-electron chi connectivity index (χ0n) is 6.83. The van der Waals surface area contributed by atoms with Crippen LogP contribution in [0.1, 0.15) is 23.5 Å². The molecule has 1 aromatic carbocycles. The SMILES string of the molecule is OCCC1Cc2ccc(O)cc21. The molecule has 1 aromatic rings. The zero-order valence-corrected chi connectivity index (χ0v) is 6.83. The fourth-order valence-corrected chi connectivity index (χ4v) is 1.81. The van der Waals surface area contributed by atoms with E-state index in [1.165, 1.54) is 11.1 Å². The summed E-state index contributed by atoms with van der Waals surface area (Å²) in [5.74, 6) is 0.800. The van der Waals surface area contributed by atoms with Crippen LogP contribution in [0.15, 0.2) is 18.2 Å². The van der Waals surface area contributed by atoms with Crippen molar-refractivity contribution < 1.29 is 10.2 Å². The van der Waals surface area contributed by atoms with Crippen molar-refractivity contribution in [3.05, 3.63) is 29.3 Å². The van der Waals surface area contributed by atoms with Crippen LogP contribution in [0.4, 0.5) is 0 Å². The lowest BCUT2D eigenvalue weighted by Gasteiger charge is -2.29. The molecule has 0 amide bonds. The molecular weight excluding hydrogens is 152 g/mol. The number of phenols is 1. The molecule has 0 heterocycles. The van der Waals surface area contributed by atoms with Gasteiger partial charge in [0.15, 0.2) is 0 Å². The quantitative estimate of drug-likeness (QED) is 0.694. The number of fused-ring (bicyclic) bond motifs is 1. The van der Waals surface area contributed by atoms with Crippen molar-refractivity contribution in [2.75, 3.05) is 6.61 Å². The van der Waals surface area contributed by atoms with Crippen molar-refractivity contribution >= 4 is 0 Å². The summed E-state index contributed by atoms with van der Waals surface area (Å²) in [6, 6.07) is 5.48.